The van der Waals surface area contributed by atoms with Crippen LogP contribution >= 0.6 is 0 Å². The van der Waals surface area contributed by atoms with Crippen LogP contribution < -0.4 is 0 Å². The van der Waals surface area contributed by atoms with Gasteiger partial charge in [0.15, 0.2) is 0 Å². The van der Waals surface area contributed by atoms with Crippen LogP contribution in [0.5, 0.6) is 0 Å². The smallest absolute Gasteiger partial charge is 0.410 e. The van der Waals surface area contributed by atoms with Crippen molar-refractivity contribution in [2.45, 2.75) is 19.1 Å². The van der Waals surface area contributed by atoms with Crippen molar-refractivity contribution in [1.29, 1.82) is 0 Å². The summed E-state index contributed by atoms with van der Waals surface area (Å²) < 4.78 is 4.97. The van der Waals surface area contributed by atoms with E-state index < -0.39 is 23.0 Å². The van der Waals surface area contributed by atoms with Gasteiger partial charge in [-0.05, 0) is 24.1 Å². The Balaban J connectivity index is 1.87. The van der Waals surface area contributed by atoms with E-state index >= 15 is 0 Å². The highest BCUT2D eigenvalue weighted by atomic mass is 16.6. The van der Waals surface area contributed by atoms with Gasteiger partial charge in [0.2, 0.25) is 0 Å². The third kappa shape index (κ3) is 2.85. The van der Waals surface area contributed by atoms with Gasteiger partial charge in [0.1, 0.15) is 12.6 Å². The highest BCUT2D eigenvalue weighted by Crippen LogP contribution is 2.19. The van der Waals surface area contributed by atoms with Gasteiger partial charge in [0, 0.05) is 18.7 Å². The molecule has 1 amide bonds. The number of hydrogen-bond acceptors (Lipinski definition) is 5. The second kappa shape index (κ2) is 5.55. The molecular weight excluding hydrogens is 268 g/mol. The van der Waals surface area contributed by atoms with Crippen molar-refractivity contribution in [1.82, 2.24) is 4.90 Å². The molecule has 0 saturated carbocycles. The Morgan fingerprint density at radius 3 is 2.50 bits per heavy atom. The van der Waals surface area contributed by atoms with Gasteiger partial charge >= 0.3 is 12.1 Å². The number of nitro benzene ring substituents is 1. The molecule has 1 fully saturated rings. The zero-order valence-electron chi connectivity index (χ0n) is 10.4. The maximum Gasteiger partial charge on any atom is 0.410 e. The summed E-state index contributed by atoms with van der Waals surface area (Å²) in [6.07, 6.45) is -0.274. The van der Waals surface area contributed by atoms with E-state index in [4.69, 9.17) is 9.84 Å². The van der Waals surface area contributed by atoms with E-state index in [1.807, 2.05) is 0 Å². The van der Waals surface area contributed by atoms with E-state index in [2.05, 4.69) is 0 Å². The lowest BCUT2D eigenvalue weighted by Gasteiger charge is -2.36. The van der Waals surface area contributed by atoms with Crippen LogP contribution in [0.3, 0.4) is 0 Å². The maximum absolute atomic E-state index is 11.6. The Labute approximate surface area is 113 Å². The summed E-state index contributed by atoms with van der Waals surface area (Å²) in [5.41, 5.74) is 0.546. The van der Waals surface area contributed by atoms with E-state index in [1.165, 1.54) is 24.3 Å². The minimum absolute atomic E-state index is 0.0474. The molecule has 0 radical (unpaired) electrons. The number of rotatable bonds is 4. The minimum Gasteiger partial charge on any atom is -0.480 e. The molecule has 1 unspecified atom stereocenters. The first-order chi connectivity index (χ1) is 9.49. The lowest BCUT2D eigenvalue weighted by atomic mass is 10.1. The molecular formula is C12H12N2O6. The SMILES string of the molecule is O=C(O)C1CCN1C(=O)OCc1ccc([N+](=O)[O-])cc1. The lowest BCUT2D eigenvalue weighted by Crippen LogP contribution is -2.55. The fourth-order valence-corrected chi connectivity index (χ4v) is 1.80. The number of likely N-dealkylation sites (tertiary alicyclic amines) is 1. The topological polar surface area (TPSA) is 110 Å². The Hall–Kier alpha value is -2.64. The number of carbonyl (C=O) groups excluding carboxylic acids is 1. The standard InChI is InChI=1S/C12H12N2O6/c15-11(16)10-5-6-13(10)12(17)20-7-8-1-3-9(4-2-8)14(18)19/h1-4,10H,5-7H2,(H,15,16). The Kier molecular flexibility index (Phi) is 3.83. The van der Waals surface area contributed by atoms with Crippen LogP contribution in [-0.2, 0) is 16.1 Å². The summed E-state index contributed by atoms with van der Waals surface area (Å²) in [5, 5.41) is 19.3. The van der Waals surface area contributed by atoms with E-state index in [1.54, 1.807) is 0 Å². The third-order valence-electron chi connectivity index (χ3n) is 3.05. The molecule has 0 spiro atoms. The first kappa shape index (κ1) is 13.8. The summed E-state index contributed by atoms with van der Waals surface area (Å²) in [5.74, 6) is -1.05. The van der Waals surface area contributed by atoms with Crippen LogP contribution in [0, 0.1) is 10.1 Å². The van der Waals surface area contributed by atoms with E-state index in [-0.39, 0.29) is 12.3 Å². The molecule has 106 valence electrons. The predicted octanol–water partition coefficient (Wildman–Crippen LogP) is 1.39. The van der Waals surface area contributed by atoms with Crippen molar-refractivity contribution >= 4 is 17.7 Å². The van der Waals surface area contributed by atoms with Crippen LogP contribution in [-0.4, -0.2) is 39.6 Å². The molecule has 1 saturated heterocycles. The molecule has 0 aliphatic carbocycles. The molecule has 1 heterocycles. The number of ether oxygens (including phenoxy) is 1. The zero-order chi connectivity index (χ0) is 14.7. The molecule has 1 aliphatic heterocycles. The Morgan fingerprint density at radius 2 is 2.05 bits per heavy atom. The van der Waals surface area contributed by atoms with Gasteiger partial charge < -0.3 is 9.84 Å². The van der Waals surface area contributed by atoms with Crippen molar-refractivity contribution in [2.24, 2.45) is 0 Å². The fourth-order valence-electron chi connectivity index (χ4n) is 1.80. The van der Waals surface area contributed by atoms with Gasteiger partial charge in [-0.2, -0.15) is 0 Å². The Morgan fingerprint density at radius 1 is 1.40 bits per heavy atom. The maximum atomic E-state index is 11.6. The number of nitro groups is 1. The molecule has 20 heavy (non-hydrogen) atoms. The summed E-state index contributed by atoms with van der Waals surface area (Å²) in [7, 11) is 0. The number of carboxylic acid groups (broad SMARTS) is 1. The second-order valence-electron chi connectivity index (χ2n) is 4.31. The molecule has 1 aromatic carbocycles. The highest BCUT2D eigenvalue weighted by molar-refractivity contribution is 5.81. The molecule has 1 aliphatic rings. The summed E-state index contributed by atoms with van der Waals surface area (Å²) in [4.78, 5) is 33.5. The van der Waals surface area contributed by atoms with Crippen LogP contribution in [0.1, 0.15) is 12.0 Å². The first-order valence-corrected chi connectivity index (χ1v) is 5.88. The number of benzene rings is 1. The molecule has 1 aromatic rings. The number of amides is 1. The molecule has 0 aromatic heterocycles. The predicted molar refractivity (Wildman–Crippen MR) is 66.0 cm³/mol. The van der Waals surface area contributed by atoms with Crippen LogP contribution in [0.4, 0.5) is 10.5 Å². The first-order valence-electron chi connectivity index (χ1n) is 5.88. The third-order valence-corrected chi connectivity index (χ3v) is 3.05. The molecule has 8 nitrogen and oxygen atoms in total. The molecule has 8 heteroatoms. The number of nitrogens with zero attached hydrogens (tertiary/aromatic N) is 2. The number of carboxylic acids is 1. The number of non-ortho nitro benzene ring substituents is 1. The van der Waals surface area contributed by atoms with E-state index in [9.17, 15) is 19.7 Å². The molecule has 2 rings (SSSR count). The molecule has 1 N–H and O–H groups in total. The van der Waals surface area contributed by atoms with Gasteiger partial charge in [-0.25, -0.2) is 9.59 Å². The zero-order valence-corrected chi connectivity index (χ0v) is 10.4. The average Bonchev–Trinajstić information content (AvgIpc) is 2.34. The summed E-state index contributed by atoms with van der Waals surface area (Å²) >= 11 is 0. The van der Waals surface area contributed by atoms with Crippen LogP contribution in [0.2, 0.25) is 0 Å². The van der Waals surface area contributed by atoms with Crippen molar-refractivity contribution in [2.75, 3.05) is 6.54 Å². The van der Waals surface area contributed by atoms with E-state index in [0.29, 0.717) is 18.5 Å². The van der Waals surface area contributed by atoms with Crippen molar-refractivity contribution in [3.8, 4) is 0 Å². The average molecular weight is 280 g/mol. The summed E-state index contributed by atoms with van der Waals surface area (Å²) in [6.45, 7) is 0.301. The molecule has 1 atom stereocenters. The lowest BCUT2D eigenvalue weighted by molar-refractivity contribution is -0.384. The number of hydrogen-bond donors (Lipinski definition) is 1. The van der Waals surface area contributed by atoms with Crippen LogP contribution in [0.25, 0.3) is 0 Å². The van der Waals surface area contributed by atoms with E-state index in [0.717, 1.165) is 4.90 Å². The Bertz CT molecular complexity index is 541. The van der Waals surface area contributed by atoms with Gasteiger partial charge in [-0.15, -0.1) is 0 Å². The van der Waals surface area contributed by atoms with Gasteiger partial charge in [-0.1, -0.05) is 0 Å². The number of aliphatic carboxylic acids is 1. The van der Waals surface area contributed by atoms with Gasteiger partial charge in [0.05, 0.1) is 4.92 Å². The van der Waals surface area contributed by atoms with Gasteiger partial charge in [-0.3, -0.25) is 15.0 Å². The van der Waals surface area contributed by atoms with Gasteiger partial charge in [0.25, 0.3) is 5.69 Å². The molecule has 0 bridgehead atoms. The van der Waals surface area contributed by atoms with Crippen molar-refractivity contribution in [3.63, 3.8) is 0 Å². The highest BCUT2D eigenvalue weighted by Gasteiger charge is 2.38. The van der Waals surface area contributed by atoms with Crippen molar-refractivity contribution < 1.29 is 24.4 Å². The normalized spacial score (nSPS) is 17.2. The number of carbonyl (C=O) groups is 2. The largest absolute Gasteiger partial charge is 0.480 e. The van der Waals surface area contributed by atoms with Crippen LogP contribution in [0.15, 0.2) is 24.3 Å². The summed E-state index contributed by atoms with van der Waals surface area (Å²) in [6, 6.07) is 4.77. The van der Waals surface area contributed by atoms with Crippen molar-refractivity contribution in [3.05, 3.63) is 39.9 Å². The fraction of sp³-hybridized carbons (Fsp3) is 0.333. The monoisotopic (exact) mass is 280 g/mol. The second-order valence-corrected chi connectivity index (χ2v) is 4.31. The quantitative estimate of drug-likeness (QED) is 0.659. The minimum atomic E-state index is -1.05.